The van der Waals surface area contributed by atoms with Crippen molar-refractivity contribution in [3.8, 4) is 23.0 Å². The fourth-order valence-corrected chi connectivity index (χ4v) is 2.37. The molecular weight excluding hydrogens is 270 g/mol. The number of hydrogen-bond acceptors (Lipinski definition) is 6. The maximum Gasteiger partial charge on any atom is 0.229 e. The van der Waals surface area contributed by atoms with Gasteiger partial charge in [-0.05, 0) is 12.1 Å². The van der Waals surface area contributed by atoms with E-state index in [2.05, 4.69) is 15.0 Å². The van der Waals surface area contributed by atoms with Crippen LogP contribution < -0.4 is 15.2 Å². The number of ether oxygens (including phenoxy) is 2. The summed E-state index contributed by atoms with van der Waals surface area (Å²) in [6, 6.07) is 3.80. The minimum absolute atomic E-state index is 0.452. The molecule has 3 aromatic rings. The molecule has 0 amide bonds. The molecule has 0 aliphatic rings. The van der Waals surface area contributed by atoms with Crippen LogP contribution in [0.25, 0.3) is 22.2 Å². The van der Waals surface area contributed by atoms with Crippen LogP contribution in [-0.4, -0.2) is 33.7 Å². The Bertz CT molecular complexity index is 790. The van der Waals surface area contributed by atoms with Crippen molar-refractivity contribution in [2.75, 3.05) is 20.0 Å². The second-order valence-corrected chi connectivity index (χ2v) is 4.52. The van der Waals surface area contributed by atoms with E-state index in [1.807, 2.05) is 23.7 Å². The molecule has 3 rings (SSSR count). The number of fused-ring (bicyclic) bond motifs is 1. The van der Waals surface area contributed by atoms with Crippen LogP contribution in [-0.2, 0) is 7.05 Å². The summed E-state index contributed by atoms with van der Waals surface area (Å²) in [4.78, 5) is 12.4. The molecule has 0 saturated heterocycles. The molecule has 0 unspecified atom stereocenters. The Labute approximate surface area is 121 Å². The van der Waals surface area contributed by atoms with Gasteiger partial charge < -0.3 is 19.8 Å². The van der Waals surface area contributed by atoms with Crippen molar-refractivity contribution in [3.63, 3.8) is 0 Å². The molecule has 108 valence electrons. The number of rotatable bonds is 3. The lowest BCUT2D eigenvalue weighted by Crippen LogP contribution is -2.01. The number of nitrogens with two attached hydrogens (primary N) is 1. The van der Waals surface area contributed by atoms with E-state index in [9.17, 15) is 0 Å². The Balaban J connectivity index is 2.32. The zero-order valence-corrected chi connectivity index (χ0v) is 12.0. The molecule has 7 nitrogen and oxygen atoms in total. The second-order valence-electron chi connectivity index (χ2n) is 4.52. The van der Waals surface area contributed by atoms with E-state index < -0.39 is 0 Å². The fraction of sp³-hybridized carbons (Fsp3) is 0.214. The fourth-order valence-electron chi connectivity index (χ4n) is 2.37. The van der Waals surface area contributed by atoms with Crippen LogP contribution in [0.15, 0.2) is 24.7 Å². The standard InChI is InChI=1S/C14H15N5O2/c1-19-9(4-8-5-11(15)16-6-10(8)19)12-13(20-2)17-7-18-14(12)21-3/h4-7H,1-3H3,(H2,15,16). The maximum absolute atomic E-state index is 5.74. The summed E-state index contributed by atoms with van der Waals surface area (Å²) in [5, 5.41) is 0.980. The third-order valence-electron chi connectivity index (χ3n) is 3.37. The average Bonchev–Trinajstić information content (AvgIpc) is 2.82. The van der Waals surface area contributed by atoms with Gasteiger partial charge in [-0.3, -0.25) is 0 Å². The van der Waals surface area contributed by atoms with Gasteiger partial charge in [0.15, 0.2) is 0 Å². The lowest BCUT2D eigenvalue weighted by molar-refractivity contribution is 0.374. The Morgan fingerprint density at radius 1 is 1.05 bits per heavy atom. The van der Waals surface area contributed by atoms with Gasteiger partial charge in [-0.25, -0.2) is 15.0 Å². The molecule has 0 aromatic carbocycles. The summed E-state index contributed by atoms with van der Waals surface area (Å²) in [7, 11) is 5.06. The van der Waals surface area contributed by atoms with Gasteiger partial charge in [0.2, 0.25) is 11.8 Å². The van der Waals surface area contributed by atoms with Crippen molar-refractivity contribution in [1.29, 1.82) is 0 Å². The summed E-state index contributed by atoms with van der Waals surface area (Å²) >= 11 is 0. The predicted molar refractivity (Wildman–Crippen MR) is 79.3 cm³/mol. The van der Waals surface area contributed by atoms with Crippen LogP contribution >= 0.6 is 0 Å². The zero-order valence-electron chi connectivity index (χ0n) is 12.0. The summed E-state index contributed by atoms with van der Waals surface area (Å²) in [5.74, 6) is 1.38. The Morgan fingerprint density at radius 3 is 2.33 bits per heavy atom. The number of aromatic nitrogens is 4. The van der Waals surface area contributed by atoms with Crippen molar-refractivity contribution in [3.05, 3.63) is 24.7 Å². The van der Waals surface area contributed by atoms with E-state index in [1.54, 1.807) is 20.4 Å². The van der Waals surface area contributed by atoms with Crippen molar-refractivity contribution < 1.29 is 9.47 Å². The highest BCUT2D eigenvalue weighted by Gasteiger charge is 2.19. The van der Waals surface area contributed by atoms with E-state index in [0.717, 1.165) is 16.6 Å². The molecular formula is C14H15N5O2. The van der Waals surface area contributed by atoms with Gasteiger partial charge in [0.25, 0.3) is 0 Å². The van der Waals surface area contributed by atoms with Gasteiger partial charge in [0.1, 0.15) is 17.7 Å². The molecule has 0 saturated carbocycles. The molecule has 3 heterocycles. The van der Waals surface area contributed by atoms with E-state index in [1.165, 1.54) is 6.33 Å². The first-order valence-electron chi connectivity index (χ1n) is 6.30. The summed E-state index contributed by atoms with van der Waals surface area (Å²) in [6.45, 7) is 0. The SMILES string of the molecule is COc1ncnc(OC)c1-c1cc2cc(N)ncc2n1C. The Hall–Kier alpha value is -2.83. The molecule has 0 aliphatic carbocycles. The van der Waals surface area contributed by atoms with Gasteiger partial charge >= 0.3 is 0 Å². The smallest absolute Gasteiger partial charge is 0.229 e. The summed E-state index contributed by atoms with van der Waals surface area (Å²) < 4.78 is 12.6. The average molecular weight is 285 g/mol. The maximum atomic E-state index is 5.74. The molecule has 7 heteroatoms. The van der Waals surface area contributed by atoms with Crippen molar-refractivity contribution in [2.45, 2.75) is 0 Å². The molecule has 0 bridgehead atoms. The largest absolute Gasteiger partial charge is 0.480 e. The molecule has 21 heavy (non-hydrogen) atoms. The first-order valence-corrected chi connectivity index (χ1v) is 6.30. The first-order chi connectivity index (χ1) is 10.2. The second kappa shape index (κ2) is 4.93. The van der Waals surface area contributed by atoms with E-state index in [0.29, 0.717) is 23.1 Å². The molecule has 0 aliphatic heterocycles. The van der Waals surface area contributed by atoms with Crippen LogP contribution in [0.3, 0.4) is 0 Å². The highest BCUT2D eigenvalue weighted by Crippen LogP contribution is 2.37. The van der Waals surface area contributed by atoms with Gasteiger partial charge in [0.05, 0.1) is 31.6 Å². The molecule has 0 fully saturated rings. The number of methoxy groups -OCH3 is 2. The normalized spacial score (nSPS) is 10.8. The third kappa shape index (κ3) is 2.03. The number of pyridine rings is 1. The van der Waals surface area contributed by atoms with Gasteiger partial charge in [0, 0.05) is 12.4 Å². The first kappa shape index (κ1) is 13.2. The van der Waals surface area contributed by atoms with Crippen LogP contribution in [0.1, 0.15) is 0 Å². The Morgan fingerprint density at radius 2 is 1.71 bits per heavy atom. The minimum Gasteiger partial charge on any atom is -0.480 e. The molecule has 0 atom stereocenters. The topological polar surface area (TPSA) is 88.1 Å². The van der Waals surface area contributed by atoms with E-state index in [4.69, 9.17) is 15.2 Å². The van der Waals surface area contributed by atoms with Crippen LogP contribution in [0.5, 0.6) is 11.8 Å². The number of nitrogen functional groups attached to an aromatic ring is 1. The molecule has 3 aromatic heterocycles. The van der Waals surface area contributed by atoms with Crippen molar-refractivity contribution in [2.24, 2.45) is 7.05 Å². The highest BCUT2D eigenvalue weighted by molar-refractivity contribution is 5.89. The van der Waals surface area contributed by atoms with Crippen LogP contribution in [0.2, 0.25) is 0 Å². The van der Waals surface area contributed by atoms with Gasteiger partial charge in [-0.1, -0.05) is 0 Å². The van der Waals surface area contributed by atoms with E-state index in [-0.39, 0.29) is 0 Å². The summed E-state index contributed by atoms with van der Waals surface area (Å²) in [5.41, 5.74) is 8.25. The number of nitrogens with zero attached hydrogens (tertiary/aromatic N) is 4. The molecule has 0 spiro atoms. The van der Waals surface area contributed by atoms with Gasteiger partial charge in [-0.15, -0.1) is 0 Å². The third-order valence-corrected chi connectivity index (χ3v) is 3.37. The quantitative estimate of drug-likeness (QED) is 0.787. The molecule has 2 N–H and O–H groups in total. The number of hydrogen-bond donors (Lipinski definition) is 1. The van der Waals surface area contributed by atoms with E-state index >= 15 is 0 Å². The Kier molecular flexibility index (Phi) is 3.09. The zero-order chi connectivity index (χ0) is 15.0. The number of anilines is 1. The lowest BCUT2D eigenvalue weighted by Gasteiger charge is -2.11. The lowest BCUT2D eigenvalue weighted by atomic mass is 10.2. The highest BCUT2D eigenvalue weighted by atomic mass is 16.5. The van der Waals surface area contributed by atoms with Crippen LogP contribution in [0.4, 0.5) is 5.82 Å². The summed E-state index contributed by atoms with van der Waals surface area (Å²) in [6.07, 6.45) is 3.14. The van der Waals surface area contributed by atoms with Gasteiger partial charge in [-0.2, -0.15) is 0 Å². The van der Waals surface area contributed by atoms with Crippen molar-refractivity contribution in [1.82, 2.24) is 19.5 Å². The molecule has 0 radical (unpaired) electrons. The van der Waals surface area contributed by atoms with Crippen LogP contribution in [0, 0.1) is 0 Å². The monoisotopic (exact) mass is 285 g/mol. The van der Waals surface area contributed by atoms with Crippen molar-refractivity contribution >= 4 is 16.7 Å². The number of aryl methyl sites for hydroxylation is 1. The minimum atomic E-state index is 0.452. The predicted octanol–water partition coefficient (Wildman–Crippen LogP) is 1.63.